The Balaban J connectivity index is 1.60. The smallest absolute Gasteiger partial charge is 0.313 e. The SMILES string of the molecule is CCOC(=O)C1CCc2sc3ncnc(OC4CCC(N(C)C)CC4)c3c21. The minimum atomic E-state index is -0.216. The highest BCUT2D eigenvalue weighted by molar-refractivity contribution is 7.19. The zero-order valence-corrected chi connectivity index (χ0v) is 17.1. The fourth-order valence-electron chi connectivity index (χ4n) is 4.35. The van der Waals surface area contributed by atoms with Crippen LogP contribution in [0.3, 0.4) is 0 Å². The van der Waals surface area contributed by atoms with Gasteiger partial charge in [0.1, 0.15) is 17.3 Å². The van der Waals surface area contributed by atoms with Crippen LogP contribution in [0.1, 0.15) is 55.4 Å². The molecule has 1 atom stereocenters. The van der Waals surface area contributed by atoms with Gasteiger partial charge in [0.05, 0.1) is 17.9 Å². The number of ether oxygens (including phenoxy) is 2. The molecule has 1 saturated carbocycles. The minimum absolute atomic E-state index is 0.141. The van der Waals surface area contributed by atoms with Crippen LogP contribution in [0.4, 0.5) is 0 Å². The van der Waals surface area contributed by atoms with Gasteiger partial charge in [-0.2, -0.15) is 0 Å². The lowest BCUT2D eigenvalue weighted by Crippen LogP contribution is -2.35. The Hall–Kier alpha value is -1.73. The number of aryl methyl sites for hydroxylation is 1. The Morgan fingerprint density at radius 1 is 1.22 bits per heavy atom. The van der Waals surface area contributed by atoms with E-state index in [1.54, 1.807) is 17.7 Å². The average molecular weight is 390 g/mol. The second-order valence-corrected chi connectivity index (χ2v) is 8.74. The van der Waals surface area contributed by atoms with E-state index in [1.165, 1.54) is 4.88 Å². The van der Waals surface area contributed by atoms with Crippen molar-refractivity contribution >= 4 is 27.5 Å². The summed E-state index contributed by atoms with van der Waals surface area (Å²) in [7, 11) is 4.29. The lowest BCUT2D eigenvalue weighted by molar-refractivity contribution is -0.144. The quantitative estimate of drug-likeness (QED) is 0.729. The largest absolute Gasteiger partial charge is 0.474 e. The predicted molar refractivity (Wildman–Crippen MR) is 105 cm³/mol. The van der Waals surface area contributed by atoms with Gasteiger partial charge in [0.25, 0.3) is 0 Å². The Morgan fingerprint density at radius 2 is 2.00 bits per heavy atom. The number of esters is 1. The van der Waals surface area contributed by atoms with Crippen LogP contribution >= 0.6 is 11.3 Å². The molecule has 4 rings (SSSR count). The van der Waals surface area contributed by atoms with E-state index in [2.05, 4.69) is 29.0 Å². The molecule has 2 heterocycles. The summed E-state index contributed by atoms with van der Waals surface area (Å²) in [5.74, 6) is 0.283. The van der Waals surface area contributed by atoms with E-state index in [-0.39, 0.29) is 18.0 Å². The molecule has 0 aromatic carbocycles. The van der Waals surface area contributed by atoms with Crippen molar-refractivity contribution < 1.29 is 14.3 Å². The van der Waals surface area contributed by atoms with E-state index in [4.69, 9.17) is 9.47 Å². The highest BCUT2D eigenvalue weighted by atomic mass is 32.1. The Labute approximate surface area is 163 Å². The fourth-order valence-corrected chi connectivity index (χ4v) is 5.56. The van der Waals surface area contributed by atoms with Crippen LogP contribution in [0.25, 0.3) is 10.2 Å². The van der Waals surface area contributed by atoms with Gasteiger partial charge >= 0.3 is 5.97 Å². The highest BCUT2D eigenvalue weighted by Crippen LogP contribution is 2.46. The van der Waals surface area contributed by atoms with Crippen molar-refractivity contribution in [3.8, 4) is 5.88 Å². The Bertz CT molecular complexity index is 827. The number of aromatic nitrogens is 2. The molecule has 1 unspecified atom stereocenters. The number of thiophene rings is 1. The summed E-state index contributed by atoms with van der Waals surface area (Å²) in [6.07, 6.45) is 7.79. The Morgan fingerprint density at radius 3 is 2.70 bits per heavy atom. The summed E-state index contributed by atoms with van der Waals surface area (Å²) in [5, 5.41) is 0.933. The van der Waals surface area contributed by atoms with Crippen LogP contribution in [0.5, 0.6) is 5.88 Å². The molecular formula is C20H27N3O3S. The Kier molecular flexibility index (Phi) is 5.32. The van der Waals surface area contributed by atoms with Crippen LogP contribution in [0, 0.1) is 0 Å². The van der Waals surface area contributed by atoms with Crippen molar-refractivity contribution in [3.05, 3.63) is 16.8 Å². The maximum Gasteiger partial charge on any atom is 0.313 e. The third-order valence-electron chi connectivity index (χ3n) is 5.80. The van der Waals surface area contributed by atoms with Crippen molar-refractivity contribution in [1.29, 1.82) is 0 Å². The van der Waals surface area contributed by atoms with Crippen molar-refractivity contribution in [3.63, 3.8) is 0 Å². The van der Waals surface area contributed by atoms with Gasteiger partial charge in [-0.3, -0.25) is 4.79 Å². The number of hydrogen-bond acceptors (Lipinski definition) is 7. The van der Waals surface area contributed by atoms with E-state index >= 15 is 0 Å². The number of fused-ring (bicyclic) bond motifs is 3. The zero-order chi connectivity index (χ0) is 19.0. The minimum Gasteiger partial charge on any atom is -0.474 e. The third kappa shape index (κ3) is 3.55. The number of nitrogens with zero attached hydrogens (tertiary/aromatic N) is 3. The maximum absolute atomic E-state index is 12.4. The molecule has 146 valence electrons. The topological polar surface area (TPSA) is 64.5 Å². The van der Waals surface area contributed by atoms with Gasteiger partial charge in [-0.25, -0.2) is 9.97 Å². The number of rotatable bonds is 5. The standard InChI is InChI=1S/C20H27N3O3S/c1-4-25-20(24)14-9-10-15-16(14)17-18(21-11-22-19(17)27-15)26-13-7-5-12(6-8-13)23(2)3/h11-14H,4-10H2,1-3H3. The zero-order valence-electron chi connectivity index (χ0n) is 16.2. The number of carbonyl (C=O) groups is 1. The number of carbonyl (C=O) groups excluding carboxylic acids is 1. The summed E-state index contributed by atoms with van der Waals surface area (Å²) in [5.41, 5.74) is 1.05. The normalized spacial score (nSPS) is 25.0. The third-order valence-corrected chi connectivity index (χ3v) is 6.97. The van der Waals surface area contributed by atoms with Crippen molar-refractivity contribution in [2.45, 2.75) is 63.5 Å². The molecule has 1 fully saturated rings. The first-order valence-corrected chi connectivity index (χ1v) is 10.7. The number of hydrogen-bond donors (Lipinski definition) is 0. The molecule has 27 heavy (non-hydrogen) atoms. The molecule has 0 spiro atoms. The molecule has 0 bridgehead atoms. The van der Waals surface area contributed by atoms with E-state index in [0.717, 1.165) is 54.3 Å². The molecule has 6 nitrogen and oxygen atoms in total. The summed E-state index contributed by atoms with van der Waals surface area (Å²) in [4.78, 5) is 25.8. The molecule has 2 aliphatic rings. The molecule has 2 aliphatic carbocycles. The lowest BCUT2D eigenvalue weighted by Gasteiger charge is -2.32. The average Bonchev–Trinajstić information content (AvgIpc) is 3.21. The van der Waals surface area contributed by atoms with E-state index < -0.39 is 0 Å². The first kappa shape index (κ1) is 18.6. The molecule has 0 amide bonds. The molecule has 0 N–H and O–H groups in total. The van der Waals surface area contributed by atoms with E-state index in [1.807, 2.05) is 6.92 Å². The van der Waals surface area contributed by atoms with Crippen LogP contribution in [-0.4, -0.2) is 53.7 Å². The summed E-state index contributed by atoms with van der Waals surface area (Å²) >= 11 is 1.66. The van der Waals surface area contributed by atoms with Gasteiger partial charge in [-0.15, -0.1) is 11.3 Å². The highest BCUT2D eigenvalue weighted by Gasteiger charge is 2.36. The maximum atomic E-state index is 12.4. The first-order valence-electron chi connectivity index (χ1n) is 9.84. The van der Waals surface area contributed by atoms with Crippen LogP contribution in [0.15, 0.2) is 6.33 Å². The molecule has 0 radical (unpaired) electrons. The monoisotopic (exact) mass is 389 g/mol. The van der Waals surface area contributed by atoms with Gasteiger partial charge < -0.3 is 14.4 Å². The molecular weight excluding hydrogens is 362 g/mol. The van der Waals surface area contributed by atoms with E-state index in [9.17, 15) is 4.79 Å². The second kappa shape index (κ2) is 7.72. The molecule has 0 aliphatic heterocycles. The summed E-state index contributed by atoms with van der Waals surface area (Å²) < 4.78 is 11.7. The lowest BCUT2D eigenvalue weighted by atomic mass is 9.92. The fraction of sp³-hybridized carbons (Fsp3) is 0.650. The van der Waals surface area contributed by atoms with Crippen LogP contribution < -0.4 is 4.74 Å². The first-order chi connectivity index (χ1) is 13.1. The van der Waals surface area contributed by atoms with Gasteiger partial charge in [-0.05, 0) is 65.1 Å². The molecule has 7 heteroatoms. The van der Waals surface area contributed by atoms with Gasteiger partial charge in [-0.1, -0.05) is 0 Å². The van der Waals surface area contributed by atoms with Crippen molar-refractivity contribution in [2.24, 2.45) is 0 Å². The van der Waals surface area contributed by atoms with Gasteiger partial charge in [0, 0.05) is 10.9 Å². The molecule has 0 saturated heterocycles. The second-order valence-electron chi connectivity index (χ2n) is 7.65. The van der Waals surface area contributed by atoms with Crippen molar-refractivity contribution in [2.75, 3.05) is 20.7 Å². The summed E-state index contributed by atoms with van der Waals surface area (Å²) in [6, 6.07) is 0.633. The molecule has 2 aromatic rings. The molecule has 2 aromatic heterocycles. The van der Waals surface area contributed by atoms with E-state index in [0.29, 0.717) is 18.5 Å². The van der Waals surface area contributed by atoms with Crippen LogP contribution in [-0.2, 0) is 16.0 Å². The van der Waals surface area contributed by atoms with Crippen LogP contribution in [0.2, 0.25) is 0 Å². The summed E-state index contributed by atoms with van der Waals surface area (Å²) in [6.45, 7) is 2.25. The van der Waals surface area contributed by atoms with Crippen molar-refractivity contribution in [1.82, 2.24) is 14.9 Å². The van der Waals surface area contributed by atoms with Gasteiger partial charge in [0.15, 0.2) is 0 Å². The van der Waals surface area contributed by atoms with Gasteiger partial charge in [0.2, 0.25) is 5.88 Å². The predicted octanol–water partition coefficient (Wildman–Crippen LogP) is 3.54.